The van der Waals surface area contributed by atoms with Crippen LogP contribution in [0.15, 0.2) is 115 Å². The number of rotatable bonds is 4. The summed E-state index contributed by atoms with van der Waals surface area (Å²) >= 11 is 0. The molecule has 0 spiro atoms. The lowest BCUT2D eigenvalue weighted by atomic mass is 9.89. The van der Waals surface area contributed by atoms with Gasteiger partial charge in [-0.2, -0.15) is 0 Å². The van der Waals surface area contributed by atoms with Gasteiger partial charge in [0, 0.05) is 28.5 Å². The molecule has 1 heterocycles. The van der Waals surface area contributed by atoms with Gasteiger partial charge in [-0.25, -0.2) is 0 Å². The Morgan fingerprint density at radius 3 is 1.88 bits per heavy atom. The number of benzene rings is 4. The van der Waals surface area contributed by atoms with Crippen LogP contribution in [0.4, 0.5) is 11.4 Å². The monoisotopic (exact) mass is 446 g/mol. The minimum absolute atomic E-state index is 0.0281. The Labute approximate surface area is 200 Å². The molecule has 4 heteroatoms. The highest BCUT2D eigenvalue weighted by atomic mass is 16.2. The molecule has 1 aliphatic heterocycles. The smallest absolute Gasteiger partial charge is 0.258 e. The van der Waals surface area contributed by atoms with E-state index >= 15 is 0 Å². The molecule has 2 amide bonds. The van der Waals surface area contributed by atoms with Crippen LogP contribution in [0.2, 0.25) is 0 Å². The van der Waals surface area contributed by atoms with E-state index in [0.29, 0.717) is 17.5 Å². The van der Waals surface area contributed by atoms with Crippen molar-refractivity contribution >= 4 is 23.2 Å². The zero-order chi connectivity index (χ0) is 23.5. The van der Waals surface area contributed by atoms with Crippen molar-refractivity contribution in [1.82, 2.24) is 0 Å². The maximum atomic E-state index is 13.8. The third kappa shape index (κ3) is 3.99. The van der Waals surface area contributed by atoms with Gasteiger partial charge in [-0.05, 0) is 61.4 Å². The zero-order valence-electron chi connectivity index (χ0n) is 19.0. The highest BCUT2D eigenvalue weighted by molar-refractivity contribution is 6.09. The second kappa shape index (κ2) is 9.36. The number of fused-ring (bicyclic) bond motifs is 1. The van der Waals surface area contributed by atoms with Crippen molar-refractivity contribution < 1.29 is 9.59 Å². The molecule has 0 unspecified atom stereocenters. The van der Waals surface area contributed by atoms with Crippen molar-refractivity contribution in [3.63, 3.8) is 0 Å². The molecule has 0 saturated carbocycles. The molecular weight excluding hydrogens is 420 g/mol. The van der Waals surface area contributed by atoms with E-state index in [4.69, 9.17) is 0 Å². The fourth-order valence-corrected chi connectivity index (χ4v) is 4.80. The molecule has 1 aliphatic rings. The van der Waals surface area contributed by atoms with Crippen molar-refractivity contribution in [3.05, 3.63) is 132 Å². The number of hydrogen-bond acceptors (Lipinski definition) is 2. The van der Waals surface area contributed by atoms with Crippen molar-refractivity contribution in [2.24, 2.45) is 0 Å². The minimum atomic E-state index is -0.207. The topological polar surface area (TPSA) is 40.6 Å². The summed E-state index contributed by atoms with van der Waals surface area (Å²) in [6.45, 7) is 2.06. The van der Waals surface area contributed by atoms with E-state index in [1.165, 1.54) is 0 Å². The average molecular weight is 447 g/mol. The summed E-state index contributed by atoms with van der Waals surface area (Å²) in [6.07, 6.45) is 0.628. The molecule has 0 bridgehead atoms. The molecule has 4 aromatic carbocycles. The predicted octanol–water partition coefficient (Wildman–Crippen LogP) is 6.51. The predicted molar refractivity (Wildman–Crippen MR) is 136 cm³/mol. The normalized spacial score (nSPS) is 17.0. The van der Waals surface area contributed by atoms with Crippen LogP contribution in [0.25, 0.3) is 0 Å². The molecule has 168 valence electrons. The fourth-order valence-electron chi connectivity index (χ4n) is 4.80. The standard InChI is InChI=1S/C30H26N2O2/c1-22-21-28(32(25-17-9-4-10-18-25)30(34)24-15-7-3-8-16-24)26-19-11-12-20-27(26)31(22)29(33)23-13-5-2-6-14-23/h2-20,22,28H,21H2,1H3/t22-,28+/m1/s1. The second-order valence-corrected chi connectivity index (χ2v) is 8.58. The van der Waals surface area contributed by atoms with Gasteiger partial charge in [-0.3, -0.25) is 9.59 Å². The highest BCUT2D eigenvalue weighted by Gasteiger charge is 2.39. The molecule has 2 atom stereocenters. The SMILES string of the molecule is C[C@@H]1C[C@H](N(C(=O)c2ccccc2)c2ccccc2)c2ccccc2N1C(=O)c1ccccc1. The van der Waals surface area contributed by atoms with Gasteiger partial charge in [0.25, 0.3) is 11.8 Å². The van der Waals surface area contributed by atoms with Crippen molar-refractivity contribution in [1.29, 1.82) is 0 Å². The minimum Gasteiger partial charge on any atom is -0.305 e. The van der Waals surface area contributed by atoms with Gasteiger partial charge in [0.1, 0.15) is 0 Å². The molecule has 4 nitrogen and oxygen atoms in total. The first-order valence-corrected chi connectivity index (χ1v) is 11.6. The Morgan fingerprint density at radius 2 is 1.24 bits per heavy atom. The second-order valence-electron chi connectivity index (χ2n) is 8.58. The molecule has 0 fully saturated rings. The van der Waals surface area contributed by atoms with Crippen molar-refractivity contribution in [2.75, 3.05) is 9.80 Å². The van der Waals surface area contributed by atoms with Crippen molar-refractivity contribution in [3.8, 4) is 0 Å². The third-order valence-corrected chi connectivity index (χ3v) is 6.39. The Kier molecular flexibility index (Phi) is 5.96. The molecule has 0 aromatic heterocycles. The largest absolute Gasteiger partial charge is 0.305 e. The van der Waals surface area contributed by atoms with E-state index in [1.54, 1.807) is 0 Å². The Balaban J connectivity index is 1.61. The Bertz CT molecular complexity index is 1290. The van der Waals surface area contributed by atoms with E-state index in [2.05, 4.69) is 6.92 Å². The van der Waals surface area contributed by atoms with Crippen LogP contribution in [-0.2, 0) is 0 Å². The van der Waals surface area contributed by atoms with Crippen LogP contribution in [0.1, 0.15) is 45.7 Å². The van der Waals surface area contributed by atoms with E-state index < -0.39 is 0 Å². The summed E-state index contributed by atoms with van der Waals surface area (Å²) in [7, 11) is 0. The lowest BCUT2D eigenvalue weighted by molar-refractivity contribution is 0.0965. The van der Waals surface area contributed by atoms with E-state index in [1.807, 2.05) is 125 Å². The molecule has 0 radical (unpaired) electrons. The van der Waals surface area contributed by atoms with Crippen LogP contribution >= 0.6 is 0 Å². The number of anilines is 2. The summed E-state index contributed by atoms with van der Waals surface area (Å²) in [5, 5.41) is 0. The highest BCUT2D eigenvalue weighted by Crippen LogP contribution is 2.43. The Hall–Kier alpha value is -4.18. The number of amides is 2. The first-order chi connectivity index (χ1) is 16.6. The summed E-state index contributed by atoms with van der Waals surface area (Å²) < 4.78 is 0. The first kappa shape index (κ1) is 21.7. The Morgan fingerprint density at radius 1 is 0.706 bits per heavy atom. The quantitative estimate of drug-likeness (QED) is 0.358. The zero-order valence-corrected chi connectivity index (χ0v) is 19.0. The van der Waals surface area contributed by atoms with Crippen LogP contribution in [-0.4, -0.2) is 17.9 Å². The molecule has 0 N–H and O–H groups in total. The van der Waals surface area contributed by atoms with Gasteiger partial charge in [0.05, 0.1) is 6.04 Å². The lowest BCUT2D eigenvalue weighted by Gasteiger charge is -2.43. The average Bonchev–Trinajstić information content (AvgIpc) is 2.90. The molecule has 5 rings (SSSR count). The lowest BCUT2D eigenvalue weighted by Crippen LogP contribution is -2.47. The molecule has 4 aromatic rings. The summed E-state index contributed by atoms with van der Waals surface area (Å²) in [6, 6.07) is 36.2. The van der Waals surface area contributed by atoms with Crippen LogP contribution in [0, 0.1) is 0 Å². The van der Waals surface area contributed by atoms with E-state index in [-0.39, 0.29) is 23.9 Å². The molecular formula is C30H26N2O2. The maximum absolute atomic E-state index is 13.8. The number of carbonyl (C=O) groups is 2. The molecule has 0 saturated heterocycles. The van der Waals surface area contributed by atoms with Gasteiger partial charge in [0.2, 0.25) is 0 Å². The van der Waals surface area contributed by atoms with E-state index in [0.717, 1.165) is 16.9 Å². The van der Waals surface area contributed by atoms with Gasteiger partial charge in [0.15, 0.2) is 0 Å². The number of nitrogens with zero attached hydrogens (tertiary/aromatic N) is 2. The van der Waals surface area contributed by atoms with E-state index in [9.17, 15) is 9.59 Å². The van der Waals surface area contributed by atoms with Crippen LogP contribution in [0.3, 0.4) is 0 Å². The van der Waals surface area contributed by atoms with Crippen molar-refractivity contribution in [2.45, 2.75) is 25.4 Å². The molecule has 0 aliphatic carbocycles. The van der Waals surface area contributed by atoms with Gasteiger partial charge in [-0.1, -0.05) is 72.8 Å². The number of para-hydroxylation sites is 2. The van der Waals surface area contributed by atoms with Crippen LogP contribution in [0.5, 0.6) is 0 Å². The summed E-state index contributed by atoms with van der Waals surface area (Å²) in [5.74, 6) is -0.0821. The first-order valence-electron chi connectivity index (χ1n) is 11.6. The number of carbonyl (C=O) groups excluding carboxylic acids is 2. The summed E-state index contributed by atoms with van der Waals surface area (Å²) in [4.78, 5) is 31.1. The van der Waals surface area contributed by atoms with Gasteiger partial charge in [-0.15, -0.1) is 0 Å². The van der Waals surface area contributed by atoms with Gasteiger partial charge < -0.3 is 9.80 Å². The maximum Gasteiger partial charge on any atom is 0.258 e. The summed E-state index contributed by atoms with van der Waals surface area (Å²) in [5.41, 5.74) is 3.95. The van der Waals surface area contributed by atoms with Crippen LogP contribution < -0.4 is 9.80 Å². The molecule has 34 heavy (non-hydrogen) atoms. The fraction of sp³-hybridized carbons (Fsp3) is 0.133. The number of hydrogen-bond donors (Lipinski definition) is 0. The third-order valence-electron chi connectivity index (χ3n) is 6.39. The van der Waals surface area contributed by atoms with Gasteiger partial charge >= 0.3 is 0 Å².